The maximum Gasteiger partial charge on any atom is 0.188 e. The number of hydrogen-bond acceptors (Lipinski definition) is 2. The van der Waals surface area contributed by atoms with Crippen LogP contribution in [-0.4, -0.2) is 19.3 Å². The second-order valence-corrected chi connectivity index (χ2v) is 4.58. The molecule has 0 amide bonds. The van der Waals surface area contributed by atoms with Gasteiger partial charge in [0.2, 0.25) is 0 Å². The van der Waals surface area contributed by atoms with Crippen LogP contribution < -0.4 is 0 Å². The van der Waals surface area contributed by atoms with Crippen LogP contribution in [0.15, 0.2) is 12.3 Å². The van der Waals surface area contributed by atoms with E-state index >= 15 is 0 Å². The second kappa shape index (κ2) is 13.9. The van der Waals surface area contributed by atoms with Crippen LogP contribution in [0.1, 0.15) is 58.3 Å². The first-order valence-corrected chi connectivity index (χ1v) is 7.29. The van der Waals surface area contributed by atoms with Crippen LogP contribution in [0, 0.1) is 0 Å². The van der Waals surface area contributed by atoms with Crippen molar-refractivity contribution in [3.63, 3.8) is 0 Å². The van der Waals surface area contributed by atoms with Gasteiger partial charge in [-0.3, -0.25) is 0 Å². The third-order valence-corrected chi connectivity index (χ3v) is 2.94. The molecule has 0 aliphatic rings. The Hall–Kier alpha value is -0.210. The fourth-order valence-corrected chi connectivity index (χ4v) is 1.64. The van der Waals surface area contributed by atoms with Crippen LogP contribution in [0.3, 0.4) is 0 Å². The zero-order valence-corrected chi connectivity index (χ0v) is 11.9. The van der Waals surface area contributed by atoms with Crippen molar-refractivity contribution in [1.29, 1.82) is 0 Å². The molecule has 0 aromatic carbocycles. The Morgan fingerprint density at radius 1 is 1.00 bits per heavy atom. The van der Waals surface area contributed by atoms with Crippen molar-refractivity contribution in [3.05, 3.63) is 12.3 Å². The lowest BCUT2D eigenvalue weighted by Crippen LogP contribution is -2.01. The molecule has 0 saturated heterocycles. The van der Waals surface area contributed by atoms with Gasteiger partial charge in [-0.25, -0.2) is 0 Å². The lowest BCUT2D eigenvalue weighted by Gasteiger charge is -2.07. The first-order chi connectivity index (χ1) is 8.31. The predicted molar refractivity (Wildman–Crippen MR) is 74.4 cm³/mol. The van der Waals surface area contributed by atoms with Gasteiger partial charge in [0, 0.05) is 0 Å². The Balaban J connectivity index is 2.96. The van der Waals surface area contributed by atoms with Gasteiger partial charge in [-0.15, -0.1) is 11.6 Å². The van der Waals surface area contributed by atoms with E-state index < -0.39 is 0 Å². The molecule has 0 rings (SSSR count). The lowest BCUT2D eigenvalue weighted by molar-refractivity contribution is -0.0230. The van der Waals surface area contributed by atoms with Gasteiger partial charge < -0.3 is 9.47 Å². The van der Waals surface area contributed by atoms with Gasteiger partial charge in [-0.05, 0) is 6.42 Å². The van der Waals surface area contributed by atoms with E-state index in [1.54, 1.807) is 0 Å². The fraction of sp³-hybridized carbons (Fsp3) is 0.857. The first kappa shape index (κ1) is 16.8. The summed E-state index contributed by atoms with van der Waals surface area (Å²) in [5.41, 5.74) is 0. The minimum absolute atomic E-state index is 0.280. The molecule has 0 fully saturated rings. The summed E-state index contributed by atoms with van der Waals surface area (Å²) >= 11 is 5.51. The van der Waals surface area contributed by atoms with E-state index in [9.17, 15) is 0 Å². The maximum absolute atomic E-state index is 5.51. The highest BCUT2D eigenvalue weighted by Gasteiger charge is 1.94. The van der Waals surface area contributed by atoms with E-state index in [0.29, 0.717) is 11.6 Å². The molecule has 0 bridgehead atoms. The second-order valence-electron chi connectivity index (χ2n) is 4.32. The molecule has 0 atom stereocenters. The zero-order chi connectivity index (χ0) is 12.8. The molecule has 0 aromatic rings. The molecule has 0 aromatic heterocycles. The topological polar surface area (TPSA) is 18.5 Å². The van der Waals surface area contributed by atoms with Crippen molar-refractivity contribution in [3.8, 4) is 0 Å². The summed E-state index contributed by atoms with van der Waals surface area (Å²) in [7, 11) is 0. The van der Waals surface area contributed by atoms with E-state index in [4.69, 9.17) is 21.1 Å². The summed E-state index contributed by atoms with van der Waals surface area (Å²) < 4.78 is 10.4. The Morgan fingerprint density at radius 2 is 1.59 bits per heavy atom. The van der Waals surface area contributed by atoms with Gasteiger partial charge >= 0.3 is 0 Å². The summed E-state index contributed by atoms with van der Waals surface area (Å²) in [6.07, 6.45) is 10.5. The smallest absolute Gasteiger partial charge is 0.188 e. The summed E-state index contributed by atoms with van der Waals surface area (Å²) in [5, 5.41) is 0. The summed E-state index contributed by atoms with van der Waals surface area (Å²) in [4.78, 5) is 0. The number of ether oxygens (including phenoxy) is 2. The average Bonchev–Trinajstić information content (AvgIpc) is 2.35. The monoisotopic (exact) mass is 262 g/mol. The number of allylic oxidation sites excluding steroid dienone is 1. The first-order valence-electron chi connectivity index (χ1n) is 6.75. The highest BCUT2D eigenvalue weighted by Crippen LogP contribution is 2.08. The highest BCUT2D eigenvalue weighted by molar-refractivity contribution is 6.19. The molecule has 0 radical (unpaired) electrons. The third kappa shape index (κ3) is 13.7. The van der Waals surface area contributed by atoms with Crippen molar-refractivity contribution in [2.75, 3.05) is 19.3 Å². The Morgan fingerprint density at radius 3 is 2.18 bits per heavy atom. The van der Waals surface area contributed by atoms with E-state index in [2.05, 4.69) is 13.5 Å². The van der Waals surface area contributed by atoms with Crippen molar-refractivity contribution in [2.45, 2.75) is 58.3 Å². The molecule has 0 unspecified atom stereocenters. The van der Waals surface area contributed by atoms with Crippen LogP contribution in [0.25, 0.3) is 0 Å². The highest BCUT2D eigenvalue weighted by atomic mass is 35.5. The average molecular weight is 263 g/mol. The van der Waals surface area contributed by atoms with Crippen molar-refractivity contribution < 1.29 is 9.47 Å². The van der Waals surface area contributed by atoms with E-state index in [1.807, 2.05) is 0 Å². The van der Waals surface area contributed by atoms with Crippen LogP contribution in [0.4, 0.5) is 0 Å². The summed E-state index contributed by atoms with van der Waals surface area (Å²) in [6.45, 7) is 6.92. The van der Waals surface area contributed by atoms with Gasteiger partial charge in [0.05, 0.1) is 12.5 Å². The molecule has 0 N–H and O–H groups in total. The molecule has 0 saturated carbocycles. The summed E-state index contributed by atoms with van der Waals surface area (Å²) in [5.74, 6) is 0.906. The predicted octanol–water partition coefficient (Wildman–Crippen LogP) is 4.87. The van der Waals surface area contributed by atoms with Crippen molar-refractivity contribution in [2.24, 2.45) is 0 Å². The molecule has 0 aliphatic heterocycles. The van der Waals surface area contributed by atoms with Crippen molar-refractivity contribution in [1.82, 2.24) is 0 Å². The zero-order valence-electron chi connectivity index (χ0n) is 11.2. The molecule has 2 nitrogen and oxygen atoms in total. The van der Waals surface area contributed by atoms with Gasteiger partial charge in [-0.2, -0.15) is 0 Å². The van der Waals surface area contributed by atoms with E-state index in [1.165, 1.54) is 44.9 Å². The number of rotatable bonds is 13. The van der Waals surface area contributed by atoms with Gasteiger partial charge in [0.25, 0.3) is 0 Å². The van der Waals surface area contributed by atoms with Crippen LogP contribution in [0.2, 0.25) is 0 Å². The number of alkyl halides is 1. The van der Waals surface area contributed by atoms with Crippen LogP contribution in [0.5, 0.6) is 0 Å². The lowest BCUT2D eigenvalue weighted by atomic mass is 10.1. The molecule has 0 heterocycles. The standard InChI is InChI=1S/C14H27ClO2/c1-3-4-5-6-7-8-9-10-11-16-13-17-14(2)12-15/h2-13H2,1H3. The molecule has 0 aliphatic carbocycles. The van der Waals surface area contributed by atoms with Gasteiger partial charge in [0.1, 0.15) is 5.76 Å². The Kier molecular flexibility index (Phi) is 13.7. The quantitative estimate of drug-likeness (QED) is 0.204. The van der Waals surface area contributed by atoms with Crippen LogP contribution in [-0.2, 0) is 9.47 Å². The maximum atomic E-state index is 5.51. The molecule has 17 heavy (non-hydrogen) atoms. The SMILES string of the molecule is C=C(CCl)OCOCCCCCCCCCC. The largest absolute Gasteiger partial charge is 0.471 e. The third-order valence-electron chi connectivity index (χ3n) is 2.64. The number of unbranched alkanes of at least 4 members (excludes halogenated alkanes) is 7. The summed E-state index contributed by atoms with van der Waals surface area (Å²) in [6, 6.07) is 0. The molecule has 102 valence electrons. The van der Waals surface area contributed by atoms with Gasteiger partial charge in [-0.1, -0.05) is 58.4 Å². The van der Waals surface area contributed by atoms with E-state index in [0.717, 1.165) is 13.0 Å². The Bertz CT molecular complexity index is 172. The van der Waals surface area contributed by atoms with E-state index in [-0.39, 0.29) is 6.79 Å². The number of halogens is 1. The molecule has 3 heteroatoms. The fourth-order valence-electron chi connectivity index (χ4n) is 1.56. The molecular formula is C14H27ClO2. The minimum Gasteiger partial charge on any atom is -0.471 e. The Labute approximate surface area is 111 Å². The number of hydrogen-bond donors (Lipinski definition) is 0. The van der Waals surface area contributed by atoms with Gasteiger partial charge in [0.15, 0.2) is 6.79 Å². The van der Waals surface area contributed by atoms with Crippen molar-refractivity contribution >= 4 is 11.6 Å². The molecule has 0 spiro atoms. The normalized spacial score (nSPS) is 10.5. The molecular weight excluding hydrogens is 236 g/mol. The van der Waals surface area contributed by atoms with Crippen LogP contribution >= 0.6 is 11.6 Å². The minimum atomic E-state index is 0.280.